The highest BCUT2D eigenvalue weighted by molar-refractivity contribution is 5.68. The Morgan fingerprint density at radius 1 is 1.36 bits per heavy atom. The number of benzene rings is 1. The predicted octanol–water partition coefficient (Wildman–Crippen LogP) is 2.20. The lowest BCUT2D eigenvalue weighted by atomic mass is 10.1. The van der Waals surface area contributed by atoms with Crippen LogP contribution in [0.15, 0.2) is 18.2 Å². The van der Waals surface area contributed by atoms with Gasteiger partial charge in [0, 0.05) is 13.1 Å². The molecule has 1 atom stereocenters. The van der Waals surface area contributed by atoms with E-state index >= 15 is 0 Å². The summed E-state index contributed by atoms with van der Waals surface area (Å²) in [7, 11) is 1.75. The van der Waals surface area contributed by atoms with E-state index in [4.69, 9.17) is 18.9 Å². The van der Waals surface area contributed by atoms with Crippen LogP contribution in [0.4, 0.5) is 4.79 Å². The molecule has 22 heavy (non-hydrogen) atoms. The minimum atomic E-state index is -0.482. The van der Waals surface area contributed by atoms with Gasteiger partial charge in [0.05, 0.1) is 13.2 Å². The van der Waals surface area contributed by atoms with Crippen molar-refractivity contribution < 1.29 is 23.7 Å². The Balaban J connectivity index is 1.58. The molecule has 1 unspecified atom stereocenters. The van der Waals surface area contributed by atoms with Gasteiger partial charge in [0.15, 0.2) is 17.1 Å². The van der Waals surface area contributed by atoms with Crippen LogP contribution in [0.1, 0.15) is 19.4 Å². The zero-order valence-electron chi connectivity index (χ0n) is 13.1. The van der Waals surface area contributed by atoms with Gasteiger partial charge in [-0.1, -0.05) is 6.07 Å². The van der Waals surface area contributed by atoms with Gasteiger partial charge in [-0.05, 0) is 38.0 Å². The molecule has 120 valence electrons. The van der Waals surface area contributed by atoms with E-state index in [1.54, 1.807) is 11.9 Å². The number of fused-ring (bicyclic) bond motifs is 1. The zero-order chi connectivity index (χ0) is 15.7. The third-order valence-corrected chi connectivity index (χ3v) is 4.07. The van der Waals surface area contributed by atoms with E-state index in [9.17, 15) is 4.79 Å². The Labute approximate surface area is 129 Å². The van der Waals surface area contributed by atoms with Gasteiger partial charge in [-0.15, -0.1) is 0 Å². The average molecular weight is 307 g/mol. The first-order valence-corrected chi connectivity index (χ1v) is 7.39. The number of ether oxygens (including phenoxy) is 4. The number of likely N-dealkylation sites (N-methyl/N-ethyl adjacent to an activating group) is 1. The topological polar surface area (TPSA) is 57.2 Å². The van der Waals surface area contributed by atoms with Crippen LogP contribution in [0, 0.1) is 0 Å². The number of hydrogen-bond acceptors (Lipinski definition) is 5. The molecule has 0 aromatic heterocycles. The summed E-state index contributed by atoms with van der Waals surface area (Å²) >= 11 is 0. The summed E-state index contributed by atoms with van der Waals surface area (Å²) < 4.78 is 21.3. The van der Waals surface area contributed by atoms with Crippen molar-refractivity contribution in [3.8, 4) is 11.5 Å². The summed E-state index contributed by atoms with van der Waals surface area (Å²) in [5.41, 5.74) is 0.610. The Kier molecular flexibility index (Phi) is 3.87. The van der Waals surface area contributed by atoms with Crippen molar-refractivity contribution in [1.29, 1.82) is 0 Å². The molecular weight excluding hydrogens is 286 g/mol. The molecule has 3 rings (SSSR count). The number of rotatable bonds is 4. The predicted molar refractivity (Wildman–Crippen MR) is 79.2 cm³/mol. The van der Waals surface area contributed by atoms with Gasteiger partial charge in [0.1, 0.15) is 0 Å². The maximum absolute atomic E-state index is 12.2. The SMILES string of the molecule is CC(Cc1ccc2c(c1)OCO2)N(C)C(=O)OC1(C)COC1. The molecule has 0 spiro atoms. The van der Waals surface area contributed by atoms with Crippen LogP contribution in [-0.4, -0.2) is 49.7 Å². The lowest BCUT2D eigenvalue weighted by molar-refractivity contribution is -0.172. The van der Waals surface area contributed by atoms with Crippen molar-refractivity contribution in [2.24, 2.45) is 0 Å². The second kappa shape index (κ2) is 5.68. The van der Waals surface area contributed by atoms with Crippen molar-refractivity contribution in [3.05, 3.63) is 23.8 Å². The molecule has 2 aliphatic rings. The molecule has 2 heterocycles. The maximum Gasteiger partial charge on any atom is 0.410 e. The summed E-state index contributed by atoms with van der Waals surface area (Å²) in [5, 5.41) is 0. The van der Waals surface area contributed by atoms with Crippen molar-refractivity contribution in [3.63, 3.8) is 0 Å². The van der Waals surface area contributed by atoms with Gasteiger partial charge in [-0.3, -0.25) is 0 Å². The van der Waals surface area contributed by atoms with Gasteiger partial charge >= 0.3 is 6.09 Å². The fourth-order valence-electron chi connectivity index (χ4n) is 2.46. The van der Waals surface area contributed by atoms with Crippen molar-refractivity contribution >= 4 is 6.09 Å². The lowest BCUT2D eigenvalue weighted by Gasteiger charge is -2.39. The van der Waals surface area contributed by atoms with E-state index in [1.807, 2.05) is 32.0 Å². The quantitative estimate of drug-likeness (QED) is 0.853. The van der Waals surface area contributed by atoms with Crippen LogP contribution in [0.3, 0.4) is 0 Å². The van der Waals surface area contributed by atoms with E-state index in [1.165, 1.54) is 0 Å². The third kappa shape index (κ3) is 2.97. The third-order valence-electron chi connectivity index (χ3n) is 4.07. The molecule has 2 aliphatic heterocycles. The standard InChI is InChI=1S/C16H21NO5/c1-11(17(3)15(18)22-16(2)8-19-9-16)6-12-4-5-13-14(7-12)21-10-20-13/h4-5,7,11H,6,8-10H2,1-3H3. The minimum absolute atomic E-state index is 0.0115. The van der Waals surface area contributed by atoms with Crippen LogP contribution in [0.25, 0.3) is 0 Å². The smallest absolute Gasteiger partial charge is 0.410 e. The fourth-order valence-corrected chi connectivity index (χ4v) is 2.46. The molecule has 0 radical (unpaired) electrons. The Bertz CT molecular complexity index is 570. The largest absolute Gasteiger partial charge is 0.454 e. The highest BCUT2D eigenvalue weighted by Crippen LogP contribution is 2.33. The molecule has 6 nitrogen and oxygen atoms in total. The molecule has 1 aromatic carbocycles. The first kappa shape index (κ1) is 15.0. The zero-order valence-corrected chi connectivity index (χ0v) is 13.1. The van der Waals surface area contributed by atoms with Gasteiger partial charge in [0.2, 0.25) is 6.79 Å². The van der Waals surface area contributed by atoms with Crippen molar-refractivity contribution in [2.75, 3.05) is 27.1 Å². The number of hydrogen-bond donors (Lipinski definition) is 0. The van der Waals surface area contributed by atoms with Crippen LogP contribution in [0.5, 0.6) is 11.5 Å². The summed E-state index contributed by atoms with van der Waals surface area (Å²) in [5.74, 6) is 1.52. The van der Waals surface area contributed by atoms with Gasteiger partial charge in [-0.25, -0.2) is 4.79 Å². The molecule has 0 saturated carbocycles. The number of nitrogens with zero attached hydrogens (tertiary/aromatic N) is 1. The van der Waals surface area contributed by atoms with Crippen LogP contribution in [-0.2, 0) is 15.9 Å². The molecule has 6 heteroatoms. The Hall–Kier alpha value is -1.95. The molecule has 0 bridgehead atoms. The molecular formula is C16H21NO5. The van der Waals surface area contributed by atoms with Crippen molar-refractivity contribution in [2.45, 2.75) is 31.9 Å². The van der Waals surface area contributed by atoms with E-state index in [2.05, 4.69) is 0 Å². The molecule has 0 aliphatic carbocycles. The van der Waals surface area contributed by atoms with E-state index in [0.717, 1.165) is 23.5 Å². The minimum Gasteiger partial charge on any atom is -0.454 e. The van der Waals surface area contributed by atoms with Crippen LogP contribution in [0.2, 0.25) is 0 Å². The van der Waals surface area contributed by atoms with Crippen LogP contribution >= 0.6 is 0 Å². The maximum atomic E-state index is 12.2. The van der Waals surface area contributed by atoms with E-state index in [0.29, 0.717) is 13.2 Å². The summed E-state index contributed by atoms with van der Waals surface area (Å²) in [6.07, 6.45) is 0.397. The second-order valence-corrected chi connectivity index (χ2v) is 6.16. The van der Waals surface area contributed by atoms with Gasteiger partial charge < -0.3 is 23.8 Å². The number of carbonyl (C=O) groups excluding carboxylic acids is 1. The second-order valence-electron chi connectivity index (χ2n) is 6.16. The Morgan fingerprint density at radius 3 is 2.77 bits per heavy atom. The first-order valence-electron chi connectivity index (χ1n) is 7.39. The summed E-state index contributed by atoms with van der Waals surface area (Å²) in [6, 6.07) is 5.86. The fraction of sp³-hybridized carbons (Fsp3) is 0.562. The van der Waals surface area contributed by atoms with Crippen molar-refractivity contribution in [1.82, 2.24) is 4.90 Å². The molecule has 1 amide bonds. The molecule has 1 aromatic rings. The number of carbonyl (C=O) groups is 1. The van der Waals surface area contributed by atoms with E-state index < -0.39 is 5.60 Å². The lowest BCUT2D eigenvalue weighted by Crippen LogP contribution is -2.53. The average Bonchev–Trinajstić information content (AvgIpc) is 2.92. The molecule has 0 N–H and O–H groups in total. The normalized spacial score (nSPS) is 19.2. The van der Waals surface area contributed by atoms with E-state index in [-0.39, 0.29) is 18.9 Å². The highest BCUT2D eigenvalue weighted by Gasteiger charge is 2.38. The molecule has 1 fully saturated rings. The molecule has 1 saturated heterocycles. The highest BCUT2D eigenvalue weighted by atomic mass is 16.7. The monoisotopic (exact) mass is 307 g/mol. The number of amides is 1. The van der Waals surface area contributed by atoms with Gasteiger partial charge in [0.25, 0.3) is 0 Å². The Morgan fingerprint density at radius 2 is 2.09 bits per heavy atom. The summed E-state index contributed by atoms with van der Waals surface area (Å²) in [4.78, 5) is 13.8. The summed E-state index contributed by atoms with van der Waals surface area (Å²) in [6.45, 7) is 5.06. The van der Waals surface area contributed by atoms with Crippen LogP contribution < -0.4 is 9.47 Å². The first-order chi connectivity index (χ1) is 10.5. The van der Waals surface area contributed by atoms with Gasteiger partial charge in [-0.2, -0.15) is 0 Å².